The van der Waals surface area contributed by atoms with Crippen LogP contribution in [0.5, 0.6) is 0 Å². The van der Waals surface area contributed by atoms with E-state index >= 15 is 0 Å². The maximum absolute atomic E-state index is 11.7. The molecule has 1 aliphatic heterocycles. The Bertz CT molecular complexity index is 411. The van der Waals surface area contributed by atoms with Crippen molar-refractivity contribution in [3.05, 3.63) is 27.1 Å². The molecule has 15 heavy (non-hydrogen) atoms. The molecule has 0 radical (unpaired) electrons. The number of nitrogens with two attached hydrogens (primary N) is 1. The number of amides is 1. The summed E-state index contributed by atoms with van der Waals surface area (Å²) in [6.45, 7) is 1.06. The second-order valence-electron chi connectivity index (χ2n) is 3.40. The minimum absolute atomic E-state index is 0.0110. The minimum Gasteiger partial charge on any atom is -0.335 e. The second-order valence-corrected chi connectivity index (χ2v) is 4.29. The summed E-state index contributed by atoms with van der Waals surface area (Å²) in [5.41, 5.74) is 5.91. The summed E-state index contributed by atoms with van der Waals surface area (Å²) in [6.07, 6.45) is 0. The van der Waals surface area contributed by atoms with E-state index in [2.05, 4.69) is 0 Å². The molecular formula is C8H9N3O3S. The van der Waals surface area contributed by atoms with Gasteiger partial charge in [-0.1, -0.05) is 11.3 Å². The Balaban J connectivity index is 2.09. The Morgan fingerprint density at radius 1 is 1.67 bits per heavy atom. The van der Waals surface area contributed by atoms with Gasteiger partial charge in [-0.25, -0.2) is 0 Å². The molecule has 0 aromatic carbocycles. The third-order valence-corrected chi connectivity index (χ3v) is 3.09. The molecule has 0 unspecified atom stereocenters. The van der Waals surface area contributed by atoms with Gasteiger partial charge in [0.2, 0.25) is 0 Å². The third kappa shape index (κ3) is 1.83. The van der Waals surface area contributed by atoms with Crippen molar-refractivity contribution in [3.63, 3.8) is 0 Å². The predicted octanol–water partition coefficient (Wildman–Crippen LogP) is 0.439. The van der Waals surface area contributed by atoms with Gasteiger partial charge in [0, 0.05) is 30.6 Å². The first-order chi connectivity index (χ1) is 7.08. The lowest BCUT2D eigenvalue weighted by Crippen LogP contribution is -2.57. The van der Waals surface area contributed by atoms with E-state index in [9.17, 15) is 14.9 Å². The van der Waals surface area contributed by atoms with Crippen molar-refractivity contribution in [2.75, 3.05) is 13.1 Å². The molecule has 1 aromatic heterocycles. The average molecular weight is 227 g/mol. The first-order valence-electron chi connectivity index (χ1n) is 4.35. The quantitative estimate of drug-likeness (QED) is 0.586. The van der Waals surface area contributed by atoms with Gasteiger partial charge in [-0.15, -0.1) is 0 Å². The van der Waals surface area contributed by atoms with Crippen molar-refractivity contribution in [3.8, 4) is 0 Å². The first-order valence-corrected chi connectivity index (χ1v) is 5.23. The van der Waals surface area contributed by atoms with E-state index in [-0.39, 0.29) is 17.0 Å². The molecule has 0 atom stereocenters. The molecule has 2 heterocycles. The molecule has 1 amide bonds. The molecular weight excluding hydrogens is 218 g/mol. The van der Waals surface area contributed by atoms with Crippen molar-refractivity contribution in [1.82, 2.24) is 4.90 Å². The maximum Gasteiger partial charge on any atom is 0.324 e. The Morgan fingerprint density at radius 2 is 2.33 bits per heavy atom. The standard InChI is InChI=1S/C8H9N3O3S/c9-6-2-10(3-6)8(12)5-1-7(11(13)14)15-4-5/h1,4,6H,2-3,9H2. The lowest BCUT2D eigenvalue weighted by molar-refractivity contribution is -0.380. The van der Waals surface area contributed by atoms with Crippen LogP contribution in [0, 0.1) is 10.1 Å². The molecule has 6 nitrogen and oxygen atoms in total. The van der Waals surface area contributed by atoms with E-state index in [0.29, 0.717) is 18.7 Å². The van der Waals surface area contributed by atoms with Gasteiger partial charge in [0.05, 0.1) is 10.5 Å². The molecule has 0 bridgehead atoms. The van der Waals surface area contributed by atoms with Gasteiger partial charge in [0.15, 0.2) is 0 Å². The van der Waals surface area contributed by atoms with Gasteiger partial charge < -0.3 is 10.6 Å². The smallest absolute Gasteiger partial charge is 0.324 e. The summed E-state index contributed by atoms with van der Waals surface area (Å²) < 4.78 is 0. The summed E-state index contributed by atoms with van der Waals surface area (Å²) in [5, 5.41) is 11.9. The number of nitrogens with zero attached hydrogens (tertiary/aromatic N) is 2. The highest BCUT2D eigenvalue weighted by molar-refractivity contribution is 7.13. The highest BCUT2D eigenvalue weighted by atomic mass is 32.1. The molecule has 0 saturated carbocycles. The van der Waals surface area contributed by atoms with Gasteiger partial charge in [-0.2, -0.15) is 0 Å². The number of carbonyl (C=O) groups is 1. The molecule has 0 aliphatic carbocycles. The zero-order valence-electron chi connectivity index (χ0n) is 7.75. The van der Waals surface area contributed by atoms with Crippen LogP contribution in [-0.2, 0) is 0 Å². The Hall–Kier alpha value is -1.47. The largest absolute Gasteiger partial charge is 0.335 e. The SMILES string of the molecule is NC1CN(C(=O)c2csc([N+](=O)[O-])c2)C1. The number of hydrogen-bond donors (Lipinski definition) is 1. The van der Waals surface area contributed by atoms with E-state index in [1.165, 1.54) is 11.4 Å². The Morgan fingerprint density at radius 3 is 2.80 bits per heavy atom. The van der Waals surface area contributed by atoms with Gasteiger partial charge in [0.1, 0.15) is 0 Å². The topological polar surface area (TPSA) is 89.5 Å². The van der Waals surface area contributed by atoms with E-state index < -0.39 is 4.92 Å². The van der Waals surface area contributed by atoms with Gasteiger partial charge in [-0.05, 0) is 0 Å². The van der Waals surface area contributed by atoms with Crippen LogP contribution in [0.1, 0.15) is 10.4 Å². The van der Waals surface area contributed by atoms with Crippen molar-refractivity contribution in [2.24, 2.45) is 5.73 Å². The lowest BCUT2D eigenvalue weighted by Gasteiger charge is -2.36. The molecule has 2 rings (SSSR count). The van der Waals surface area contributed by atoms with Gasteiger partial charge in [-0.3, -0.25) is 14.9 Å². The van der Waals surface area contributed by atoms with Gasteiger partial charge >= 0.3 is 5.00 Å². The van der Waals surface area contributed by atoms with E-state index in [4.69, 9.17) is 5.73 Å². The number of rotatable bonds is 2. The van der Waals surface area contributed by atoms with Crippen LogP contribution in [0.25, 0.3) is 0 Å². The third-order valence-electron chi connectivity index (χ3n) is 2.21. The zero-order valence-corrected chi connectivity index (χ0v) is 8.57. The van der Waals surface area contributed by atoms with Crippen LogP contribution >= 0.6 is 11.3 Å². The zero-order chi connectivity index (χ0) is 11.0. The minimum atomic E-state index is -0.497. The first kappa shape index (κ1) is 10.1. The Labute approximate surface area is 89.4 Å². The summed E-state index contributed by atoms with van der Waals surface area (Å²) in [5.74, 6) is -0.180. The Kier molecular flexibility index (Phi) is 2.41. The highest BCUT2D eigenvalue weighted by Gasteiger charge is 2.29. The number of hydrogen-bond acceptors (Lipinski definition) is 5. The fourth-order valence-corrected chi connectivity index (χ4v) is 2.09. The molecule has 1 saturated heterocycles. The second kappa shape index (κ2) is 3.59. The summed E-state index contributed by atoms with van der Waals surface area (Å²) >= 11 is 0.961. The number of nitro groups is 1. The monoisotopic (exact) mass is 227 g/mol. The molecule has 2 N–H and O–H groups in total. The van der Waals surface area contributed by atoms with Crippen LogP contribution in [0.2, 0.25) is 0 Å². The molecule has 1 aromatic rings. The summed E-state index contributed by atoms with van der Waals surface area (Å²) in [6, 6.07) is 1.35. The van der Waals surface area contributed by atoms with Crippen molar-refractivity contribution in [1.29, 1.82) is 0 Å². The summed E-state index contributed by atoms with van der Waals surface area (Å²) in [4.78, 5) is 23.2. The maximum atomic E-state index is 11.7. The van der Waals surface area contributed by atoms with Crippen LogP contribution in [0.4, 0.5) is 5.00 Å². The van der Waals surface area contributed by atoms with E-state index in [1.54, 1.807) is 4.90 Å². The van der Waals surface area contributed by atoms with Crippen LogP contribution in [0.15, 0.2) is 11.4 Å². The molecule has 80 valence electrons. The van der Waals surface area contributed by atoms with Crippen molar-refractivity contribution >= 4 is 22.2 Å². The van der Waals surface area contributed by atoms with Crippen LogP contribution < -0.4 is 5.73 Å². The lowest BCUT2D eigenvalue weighted by atomic mass is 10.1. The predicted molar refractivity (Wildman–Crippen MR) is 54.9 cm³/mol. The molecule has 0 spiro atoms. The fourth-order valence-electron chi connectivity index (χ4n) is 1.39. The van der Waals surface area contributed by atoms with Gasteiger partial charge in [0.25, 0.3) is 5.91 Å². The number of thiophene rings is 1. The molecule has 1 fully saturated rings. The van der Waals surface area contributed by atoms with Crippen LogP contribution in [-0.4, -0.2) is 34.9 Å². The van der Waals surface area contributed by atoms with E-state index in [0.717, 1.165) is 11.3 Å². The number of likely N-dealkylation sites (tertiary alicyclic amines) is 1. The van der Waals surface area contributed by atoms with Crippen LogP contribution in [0.3, 0.4) is 0 Å². The fraction of sp³-hybridized carbons (Fsp3) is 0.375. The van der Waals surface area contributed by atoms with E-state index in [1.807, 2.05) is 0 Å². The number of carbonyl (C=O) groups excluding carboxylic acids is 1. The normalized spacial score (nSPS) is 16.2. The van der Waals surface area contributed by atoms with Crippen molar-refractivity contribution < 1.29 is 9.72 Å². The summed E-state index contributed by atoms with van der Waals surface area (Å²) in [7, 11) is 0. The molecule has 7 heteroatoms. The molecule has 1 aliphatic rings. The average Bonchev–Trinajstić information content (AvgIpc) is 2.60. The highest BCUT2D eigenvalue weighted by Crippen LogP contribution is 2.24. The van der Waals surface area contributed by atoms with Crippen molar-refractivity contribution in [2.45, 2.75) is 6.04 Å².